The minimum atomic E-state index is -4.34. The molecule has 0 aliphatic carbocycles. The van der Waals surface area contributed by atoms with E-state index in [1.165, 1.54) is 180 Å². The zero-order chi connectivity index (χ0) is 58.4. The maximum Gasteiger partial charge on any atom is 0.472 e. The molecule has 0 aromatic rings. The molecule has 0 saturated heterocycles. The van der Waals surface area contributed by atoms with Gasteiger partial charge in [-0.3, -0.25) is 13.8 Å². The van der Waals surface area contributed by atoms with Gasteiger partial charge in [0.05, 0.1) is 39.9 Å². The predicted molar refractivity (Wildman–Crippen MR) is 350 cm³/mol. The van der Waals surface area contributed by atoms with E-state index in [0.29, 0.717) is 23.9 Å². The maximum atomic E-state index is 13.1. The number of allylic oxidation sites excluding steroid dienone is 14. The molecule has 0 fully saturated rings. The number of phosphoric ester groups is 1. The first kappa shape index (κ1) is 77.7. The largest absolute Gasteiger partial charge is 0.472 e. The Kier molecular flexibility index (Phi) is 59.5. The van der Waals surface area contributed by atoms with Gasteiger partial charge < -0.3 is 19.8 Å². The fourth-order valence-corrected chi connectivity index (χ4v) is 10.6. The number of carbonyl (C=O) groups is 1. The molecule has 0 bridgehead atoms. The number of unbranched alkanes of at least 4 members (excludes halogenated alkanes) is 35. The van der Waals surface area contributed by atoms with Crippen molar-refractivity contribution in [3.8, 4) is 0 Å². The third-order valence-corrected chi connectivity index (χ3v) is 16.1. The number of rotatable bonds is 62. The quantitative estimate of drug-likeness (QED) is 0.0243. The molecule has 0 aliphatic rings. The summed E-state index contributed by atoms with van der Waals surface area (Å²) in [4.78, 5) is 23.4. The summed E-state index contributed by atoms with van der Waals surface area (Å²) in [7, 11) is 1.60. The Labute approximate surface area is 497 Å². The summed E-state index contributed by atoms with van der Waals surface area (Å²) < 4.78 is 23.9. The lowest BCUT2D eigenvalue weighted by Crippen LogP contribution is -2.46. The monoisotopic (exact) mass is 1140 g/mol. The first-order valence-corrected chi connectivity index (χ1v) is 35.4. The highest BCUT2D eigenvalue weighted by atomic mass is 31.2. The Morgan fingerprint density at radius 3 is 1.10 bits per heavy atom. The molecule has 9 heteroatoms. The van der Waals surface area contributed by atoms with Gasteiger partial charge in [0, 0.05) is 6.42 Å². The van der Waals surface area contributed by atoms with Crippen molar-refractivity contribution < 1.29 is 32.9 Å². The van der Waals surface area contributed by atoms with Crippen LogP contribution in [-0.4, -0.2) is 73.4 Å². The van der Waals surface area contributed by atoms with E-state index in [1.54, 1.807) is 0 Å². The van der Waals surface area contributed by atoms with E-state index in [4.69, 9.17) is 9.05 Å². The lowest BCUT2D eigenvalue weighted by Gasteiger charge is -2.26. The Morgan fingerprint density at radius 1 is 0.438 bits per heavy atom. The second-order valence-electron chi connectivity index (χ2n) is 24.2. The van der Waals surface area contributed by atoms with Gasteiger partial charge in [0.15, 0.2) is 0 Å². The zero-order valence-corrected chi connectivity index (χ0v) is 54.2. The average Bonchev–Trinajstić information content (AvgIpc) is 3.42. The summed E-state index contributed by atoms with van der Waals surface area (Å²) in [5, 5.41) is 14.1. The molecule has 80 heavy (non-hydrogen) atoms. The van der Waals surface area contributed by atoms with E-state index in [-0.39, 0.29) is 19.1 Å². The van der Waals surface area contributed by atoms with Crippen LogP contribution < -0.4 is 5.32 Å². The van der Waals surface area contributed by atoms with Crippen molar-refractivity contribution in [1.82, 2.24) is 5.32 Å². The predicted octanol–water partition coefficient (Wildman–Crippen LogP) is 21.5. The van der Waals surface area contributed by atoms with Crippen LogP contribution in [-0.2, 0) is 18.4 Å². The number of aliphatic hydroxyl groups excluding tert-OH is 1. The summed E-state index contributed by atoms with van der Waals surface area (Å²) in [6.45, 7) is 4.79. The molecule has 0 aromatic heterocycles. The van der Waals surface area contributed by atoms with Gasteiger partial charge in [-0.15, -0.1) is 0 Å². The summed E-state index contributed by atoms with van der Waals surface area (Å²) in [6, 6.07) is -0.779. The van der Waals surface area contributed by atoms with Gasteiger partial charge in [0.1, 0.15) is 13.2 Å². The van der Waals surface area contributed by atoms with Gasteiger partial charge in [-0.1, -0.05) is 317 Å². The van der Waals surface area contributed by atoms with Crippen molar-refractivity contribution in [3.05, 3.63) is 85.1 Å². The number of amides is 1. The summed E-state index contributed by atoms with van der Waals surface area (Å²) in [5.41, 5.74) is 0. The van der Waals surface area contributed by atoms with Crippen LogP contribution in [0.1, 0.15) is 309 Å². The fourth-order valence-electron chi connectivity index (χ4n) is 9.91. The van der Waals surface area contributed by atoms with E-state index in [2.05, 4.69) is 104 Å². The molecule has 0 heterocycles. The maximum absolute atomic E-state index is 13.1. The number of quaternary nitrogens is 1. The van der Waals surface area contributed by atoms with Gasteiger partial charge in [0.2, 0.25) is 5.91 Å². The van der Waals surface area contributed by atoms with Crippen molar-refractivity contribution in [2.45, 2.75) is 321 Å². The first-order valence-electron chi connectivity index (χ1n) is 34.0. The van der Waals surface area contributed by atoms with Gasteiger partial charge >= 0.3 is 7.82 Å². The van der Waals surface area contributed by atoms with Crippen LogP contribution in [0.5, 0.6) is 0 Å². The van der Waals surface area contributed by atoms with E-state index in [9.17, 15) is 19.4 Å². The molecule has 1 amide bonds. The van der Waals surface area contributed by atoms with Gasteiger partial charge in [-0.05, 0) is 70.6 Å². The van der Waals surface area contributed by atoms with Crippen molar-refractivity contribution in [2.24, 2.45) is 0 Å². The third-order valence-electron chi connectivity index (χ3n) is 15.2. The highest BCUT2D eigenvalue weighted by Gasteiger charge is 2.28. The van der Waals surface area contributed by atoms with Gasteiger partial charge in [-0.2, -0.15) is 0 Å². The van der Waals surface area contributed by atoms with Gasteiger partial charge in [-0.25, -0.2) is 4.57 Å². The van der Waals surface area contributed by atoms with Crippen molar-refractivity contribution in [1.29, 1.82) is 0 Å². The fraction of sp³-hybridized carbons (Fsp3) is 0.789. The molecule has 0 spiro atoms. The van der Waals surface area contributed by atoms with Crippen LogP contribution in [0.2, 0.25) is 0 Å². The Morgan fingerprint density at radius 2 is 0.750 bits per heavy atom. The molecule has 466 valence electrons. The minimum Gasteiger partial charge on any atom is -0.391 e. The molecule has 0 rings (SSSR count). The number of carbonyl (C=O) groups excluding carboxylic acids is 1. The lowest BCUT2D eigenvalue weighted by molar-refractivity contribution is -0.870. The van der Waals surface area contributed by atoms with E-state index in [1.807, 2.05) is 21.1 Å². The lowest BCUT2D eigenvalue weighted by atomic mass is 10.0. The molecule has 8 nitrogen and oxygen atoms in total. The van der Waals surface area contributed by atoms with E-state index < -0.39 is 20.0 Å². The average molecular weight is 1140 g/mol. The molecular formula is C71H132N2O6P+. The van der Waals surface area contributed by atoms with Gasteiger partial charge in [0.25, 0.3) is 0 Å². The number of hydrogen-bond acceptors (Lipinski definition) is 5. The highest BCUT2D eigenvalue weighted by molar-refractivity contribution is 7.47. The van der Waals surface area contributed by atoms with Crippen molar-refractivity contribution in [3.63, 3.8) is 0 Å². The number of nitrogens with zero attached hydrogens (tertiary/aromatic N) is 1. The molecule has 3 unspecified atom stereocenters. The second kappa shape index (κ2) is 61.2. The van der Waals surface area contributed by atoms with E-state index >= 15 is 0 Å². The molecular weight excluding hydrogens is 1010 g/mol. The number of nitrogens with one attached hydrogen (secondary N) is 1. The first-order chi connectivity index (χ1) is 39.0. The normalized spacial score (nSPS) is 14.2. The summed E-state index contributed by atoms with van der Waals surface area (Å²) >= 11 is 0. The van der Waals surface area contributed by atoms with Crippen LogP contribution in [0, 0.1) is 0 Å². The SMILES string of the molecule is CC/C=C\C/C=C\C/C=C\C/C=C\C/C=C\C/C=C\C/C=C\CCCCCCCC(=O)NC(COP(=O)(O)OCC[N+](C)(C)C)C(O)CCCCCCCCCCCCCCCCCCCCCCCCCCCCCCCCC. The van der Waals surface area contributed by atoms with Crippen LogP contribution in [0.3, 0.4) is 0 Å². The van der Waals surface area contributed by atoms with Crippen LogP contribution in [0.25, 0.3) is 0 Å². The minimum absolute atomic E-state index is 0.0666. The standard InChI is InChI=1S/C71H131N2O6P/c1-6-8-10-12-14-16-18-20-22-24-26-28-30-32-34-35-36-37-39-40-42-44-46-48-50-52-54-56-58-60-62-64-70(74)69(68-79-80(76,77)78-67-66-73(3,4)5)72-71(75)65-63-61-59-57-55-53-51-49-47-45-43-41-38-33-31-29-27-25-23-21-19-17-15-13-11-9-7-2/h9,11,15,17,21,23,27,29,33,38,43,45,49,51,69-70,74H,6-8,10,12-14,16,18-20,22,24-26,28,30-32,34-37,39-42,44,46-48,50,52-68H2,1-5H3,(H-,72,75,76,77)/p+1/b11-9-,17-15-,23-21-,29-27-,38-33-,45-43-,51-49-. The highest BCUT2D eigenvalue weighted by Crippen LogP contribution is 2.43. The van der Waals surface area contributed by atoms with Crippen molar-refractivity contribution in [2.75, 3.05) is 40.9 Å². The van der Waals surface area contributed by atoms with Crippen molar-refractivity contribution >= 4 is 13.7 Å². The Balaban J connectivity index is 4.11. The molecule has 3 N–H and O–H groups in total. The van der Waals surface area contributed by atoms with Crippen LogP contribution >= 0.6 is 7.82 Å². The summed E-state index contributed by atoms with van der Waals surface area (Å²) in [6.07, 6.45) is 86.8. The number of likely N-dealkylation sites (N-methyl/N-ethyl adjacent to an activating group) is 1. The molecule has 0 aliphatic heterocycles. The van der Waals surface area contributed by atoms with E-state index in [0.717, 1.165) is 103 Å². The number of phosphoric acid groups is 1. The molecule has 0 aromatic carbocycles. The second-order valence-corrected chi connectivity index (χ2v) is 25.6. The number of hydrogen-bond donors (Lipinski definition) is 3. The molecule has 3 atom stereocenters. The molecule has 0 saturated carbocycles. The van der Waals surface area contributed by atoms with Crippen LogP contribution in [0.4, 0.5) is 0 Å². The topological polar surface area (TPSA) is 105 Å². The number of aliphatic hydroxyl groups is 1. The molecule has 0 radical (unpaired) electrons. The zero-order valence-electron chi connectivity index (χ0n) is 53.3. The Bertz CT molecular complexity index is 1580. The third kappa shape index (κ3) is 63.3. The summed E-state index contributed by atoms with van der Waals surface area (Å²) in [5.74, 6) is -0.162. The van der Waals surface area contributed by atoms with Crippen LogP contribution in [0.15, 0.2) is 85.1 Å². The smallest absolute Gasteiger partial charge is 0.391 e. The Hall–Kier alpha value is -2.32.